The summed E-state index contributed by atoms with van der Waals surface area (Å²) >= 11 is 6.08. The number of ketones is 1. The number of benzene rings is 1. The summed E-state index contributed by atoms with van der Waals surface area (Å²) in [5.41, 5.74) is 2.75. The molecule has 2 fully saturated rings. The van der Waals surface area contributed by atoms with E-state index in [0.717, 1.165) is 63.7 Å². The molecule has 3 unspecified atom stereocenters. The van der Waals surface area contributed by atoms with Crippen LogP contribution in [0.3, 0.4) is 0 Å². The van der Waals surface area contributed by atoms with E-state index in [-0.39, 0.29) is 17.7 Å². The van der Waals surface area contributed by atoms with Gasteiger partial charge < -0.3 is 10.1 Å². The first kappa shape index (κ1) is 28.3. The molecule has 0 radical (unpaired) electrons. The van der Waals surface area contributed by atoms with E-state index < -0.39 is 11.3 Å². The van der Waals surface area contributed by atoms with Crippen molar-refractivity contribution in [1.29, 1.82) is 0 Å². The molecule has 0 bridgehead atoms. The van der Waals surface area contributed by atoms with Crippen LogP contribution in [0.5, 0.6) is 0 Å². The number of nitrogens with two attached hydrogens (primary N) is 1. The van der Waals surface area contributed by atoms with Gasteiger partial charge in [0.2, 0.25) is 17.0 Å². The van der Waals surface area contributed by atoms with Gasteiger partial charge in [0.25, 0.3) is 0 Å². The van der Waals surface area contributed by atoms with Crippen LogP contribution in [-0.2, 0) is 33.0 Å². The van der Waals surface area contributed by atoms with Gasteiger partial charge in [-0.3, -0.25) is 8.98 Å². The van der Waals surface area contributed by atoms with Gasteiger partial charge in [-0.1, -0.05) is 23.7 Å². The van der Waals surface area contributed by atoms with E-state index in [0.29, 0.717) is 33.8 Å². The van der Waals surface area contributed by atoms with Crippen molar-refractivity contribution in [3.63, 3.8) is 0 Å². The molecule has 3 aromatic rings. The number of carbonyl (C=O) groups is 1. The Morgan fingerprint density at radius 1 is 1.21 bits per heavy atom. The van der Waals surface area contributed by atoms with Crippen LogP contribution in [0, 0.1) is 11.8 Å². The largest absolute Gasteiger partial charge is 0.381 e. The summed E-state index contributed by atoms with van der Waals surface area (Å²) in [5.74, 6) is 1.27. The maximum Gasteiger partial charge on any atom is 0.231 e. The van der Waals surface area contributed by atoms with Gasteiger partial charge in [-0.05, 0) is 86.1 Å². The van der Waals surface area contributed by atoms with E-state index >= 15 is 0 Å². The molecular formula is C28H33ClN4O4S2. The number of anilines is 1. The Labute approximate surface area is 240 Å². The van der Waals surface area contributed by atoms with E-state index in [4.69, 9.17) is 25.7 Å². The standard InChI is InChI=1S/C28H33ClN4O4S2/c29-22-3-1-2-19(11-22)10-21-14-26(38-25(21)13-18-6-8-36-9-7-18)27(34)24-15-31-17-32-28(24)33-23-5-4-20(12-23)16-37-39(30)35/h1-3,11,14-15,17-18,20,23H,4-10,12-13,16,30H2,(H,31,32,33). The van der Waals surface area contributed by atoms with Crippen molar-refractivity contribution >= 4 is 45.8 Å². The molecule has 208 valence electrons. The fraction of sp³-hybridized carbons (Fsp3) is 0.464. The van der Waals surface area contributed by atoms with E-state index in [1.54, 1.807) is 17.5 Å². The minimum atomic E-state index is -1.76. The molecule has 0 amide bonds. The number of hydrogen-bond donors (Lipinski definition) is 2. The van der Waals surface area contributed by atoms with Gasteiger partial charge in [-0.25, -0.2) is 19.3 Å². The van der Waals surface area contributed by atoms with Crippen LogP contribution in [-0.4, -0.2) is 45.8 Å². The summed E-state index contributed by atoms with van der Waals surface area (Å²) < 4.78 is 21.7. The highest BCUT2D eigenvalue weighted by molar-refractivity contribution is 7.77. The summed E-state index contributed by atoms with van der Waals surface area (Å²) in [4.78, 5) is 24.3. The first-order valence-corrected chi connectivity index (χ1v) is 15.6. The summed E-state index contributed by atoms with van der Waals surface area (Å²) in [6, 6.07) is 10.1. The van der Waals surface area contributed by atoms with Crippen molar-refractivity contribution in [2.75, 3.05) is 25.1 Å². The molecule has 5 rings (SSSR count). The zero-order valence-electron chi connectivity index (χ0n) is 21.6. The first-order chi connectivity index (χ1) is 18.9. The molecule has 3 heterocycles. The van der Waals surface area contributed by atoms with Gasteiger partial charge in [-0.2, -0.15) is 0 Å². The molecule has 3 atom stereocenters. The van der Waals surface area contributed by atoms with Crippen molar-refractivity contribution in [1.82, 2.24) is 9.97 Å². The van der Waals surface area contributed by atoms with E-state index in [9.17, 15) is 9.00 Å². The highest BCUT2D eigenvalue weighted by Crippen LogP contribution is 2.34. The zero-order chi connectivity index (χ0) is 27.2. The monoisotopic (exact) mass is 588 g/mol. The molecule has 1 saturated heterocycles. The molecule has 0 spiro atoms. The molecule has 3 N–H and O–H groups in total. The Morgan fingerprint density at radius 2 is 2.05 bits per heavy atom. The average molecular weight is 589 g/mol. The third-order valence-electron chi connectivity index (χ3n) is 7.48. The molecule has 2 aromatic heterocycles. The number of aromatic nitrogens is 2. The topological polar surface area (TPSA) is 116 Å². The Balaban J connectivity index is 1.35. The third-order valence-corrected chi connectivity index (χ3v) is 9.28. The fourth-order valence-corrected chi connectivity index (χ4v) is 7.23. The molecule has 11 heteroatoms. The van der Waals surface area contributed by atoms with E-state index in [1.807, 2.05) is 24.3 Å². The van der Waals surface area contributed by atoms with Crippen LogP contribution in [0.1, 0.15) is 63.3 Å². The van der Waals surface area contributed by atoms with Crippen LogP contribution < -0.4 is 10.5 Å². The van der Waals surface area contributed by atoms with Gasteiger partial charge in [0.15, 0.2) is 0 Å². The minimum Gasteiger partial charge on any atom is -0.381 e. The van der Waals surface area contributed by atoms with E-state index in [2.05, 4.69) is 21.4 Å². The van der Waals surface area contributed by atoms with Crippen molar-refractivity contribution in [3.05, 3.63) is 74.3 Å². The van der Waals surface area contributed by atoms with Gasteiger partial charge in [0, 0.05) is 35.4 Å². The second-order valence-electron chi connectivity index (χ2n) is 10.3. The number of nitrogens with zero attached hydrogens (tertiary/aromatic N) is 2. The quantitative estimate of drug-likeness (QED) is 0.299. The maximum absolute atomic E-state index is 13.8. The summed E-state index contributed by atoms with van der Waals surface area (Å²) in [6.07, 6.45) is 9.44. The smallest absolute Gasteiger partial charge is 0.231 e. The Bertz CT molecular complexity index is 1310. The van der Waals surface area contributed by atoms with Gasteiger partial charge in [0.1, 0.15) is 12.1 Å². The van der Waals surface area contributed by atoms with Gasteiger partial charge in [-0.15, -0.1) is 11.3 Å². The molecule has 1 aliphatic heterocycles. The lowest BCUT2D eigenvalue weighted by atomic mass is 9.93. The number of thiophene rings is 1. The van der Waals surface area contributed by atoms with Gasteiger partial charge in [0.05, 0.1) is 17.0 Å². The predicted molar refractivity (Wildman–Crippen MR) is 154 cm³/mol. The van der Waals surface area contributed by atoms with E-state index in [1.165, 1.54) is 16.8 Å². The molecule has 1 aromatic carbocycles. The minimum absolute atomic E-state index is 0.0786. The van der Waals surface area contributed by atoms with Crippen LogP contribution in [0.2, 0.25) is 5.02 Å². The highest BCUT2D eigenvalue weighted by Gasteiger charge is 2.28. The highest BCUT2D eigenvalue weighted by atomic mass is 35.5. The number of rotatable bonds is 11. The van der Waals surface area contributed by atoms with Crippen molar-refractivity contribution < 1.29 is 17.9 Å². The lowest BCUT2D eigenvalue weighted by Crippen LogP contribution is -2.20. The molecular weight excluding hydrogens is 556 g/mol. The SMILES string of the molecule is NS(=O)OCC1CCC(Nc2ncncc2C(=O)c2cc(Cc3cccc(Cl)c3)c(CC3CCOCC3)s2)C1. The lowest BCUT2D eigenvalue weighted by molar-refractivity contribution is 0.0667. The molecule has 1 saturated carbocycles. The molecule has 8 nitrogen and oxygen atoms in total. The lowest BCUT2D eigenvalue weighted by Gasteiger charge is -2.21. The van der Waals surface area contributed by atoms with Crippen molar-refractivity contribution in [3.8, 4) is 0 Å². The summed E-state index contributed by atoms with van der Waals surface area (Å²) in [7, 11) is 0. The van der Waals surface area contributed by atoms with Crippen LogP contribution >= 0.6 is 22.9 Å². The normalized spacial score (nSPS) is 20.7. The summed E-state index contributed by atoms with van der Waals surface area (Å²) in [6.45, 7) is 1.94. The third kappa shape index (κ3) is 7.71. The number of carbonyl (C=O) groups excluding carboxylic acids is 1. The van der Waals surface area contributed by atoms with Crippen LogP contribution in [0.15, 0.2) is 42.9 Å². The van der Waals surface area contributed by atoms with Crippen molar-refractivity contribution in [2.45, 2.75) is 51.0 Å². The summed E-state index contributed by atoms with van der Waals surface area (Å²) in [5, 5.41) is 9.38. The van der Waals surface area contributed by atoms with Crippen molar-refractivity contribution in [2.24, 2.45) is 17.0 Å². The Morgan fingerprint density at radius 3 is 2.85 bits per heavy atom. The Kier molecular flexibility index (Phi) is 9.75. The molecule has 39 heavy (non-hydrogen) atoms. The molecule has 1 aliphatic carbocycles. The maximum atomic E-state index is 13.8. The molecule has 2 aliphatic rings. The Hall–Kier alpha value is -2.21. The first-order valence-electron chi connectivity index (χ1n) is 13.3. The number of hydrogen-bond acceptors (Lipinski definition) is 8. The second-order valence-corrected chi connectivity index (χ2v) is 12.6. The second kappa shape index (κ2) is 13.4. The average Bonchev–Trinajstić information content (AvgIpc) is 3.55. The zero-order valence-corrected chi connectivity index (χ0v) is 24.0. The number of halogens is 1. The van der Waals surface area contributed by atoms with Crippen LogP contribution in [0.25, 0.3) is 0 Å². The van der Waals surface area contributed by atoms with Crippen LogP contribution in [0.4, 0.5) is 5.82 Å². The number of ether oxygens (including phenoxy) is 1. The number of nitrogens with one attached hydrogen (secondary N) is 1. The predicted octanol–water partition coefficient (Wildman–Crippen LogP) is 5.12. The fourth-order valence-electron chi connectivity index (χ4n) is 5.44. The van der Waals surface area contributed by atoms with Gasteiger partial charge >= 0.3 is 0 Å².